The second-order valence-electron chi connectivity index (χ2n) is 11.5. The van der Waals surface area contributed by atoms with E-state index in [-0.39, 0.29) is 17.6 Å². The lowest BCUT2D eigenvalue weighted by molar-refractivity contribution is -0.170. The Hall–Kier alpha value is -2.17. The maximum absolute atomic E-state index is 13.2. The van der Waals surface area contributed by atoms with Crippen LogP contribution in [-0.4, -0.2) is 60.1 Å². The first kappa shape index (κ1) is 23.2. The van der Waals surface area contributed by atoms with Crippen molar-refractivity contribution in [3.63, 3.8) is 0 Å². The van der Waals surface area contributed by atoms with Gasteiger partial charge in [0, 0.05) is 17.9 Å². The van der Waals surface area contributed by atoms with Gasteiger partial charge in [-0.3, -0.25) is 14.6 Å². The minimum Gasteiger partial charge on any atom is -0.461 e. The highest BCUT2D eigenvalue weighted by atomic mass is 16.5. The summed E-state index contributed by atoms with van der Waals surface area (Å²) in [5, 5.41) is 0. The SMILES string of the molecule is O=C(CN1CCCC1)O[C@@H]1CC2(N3CCCCC3)C[C@@H](c3ccccc3)C1[C@H](c1ccccc1)C2. The number of rotatable bonds is 6. The molecule has 0 amide bonds. The summed E-state index contributed by atoms with van der Waals surface area (Å²) < 4.78 is 6.50. The topological polar surface area (TPSA) is 32.8 Å². The molecule has 0 radical (unpaired) electrons. The predicted molar refractivity (Wildman–Crippen MR) is 139 cm³/mol. The van der Waals surface area contributed by atoms with Crippen LogP contribution in [0.3, 0.4) is 0 Å². The van der Waals surface area contributed by atoms with Crippen LogP contribution in [0, 0.1) is 5.92 Å². The van der Waals surface area contributed by atoms with Crippen molar-refractivity contribution < 1.29 is 9.53 Å². The van der Waals surface area contributed by atoms with E-state index in [4.69, 9.17) is 4.74 Å². The third-order valence-electron chi connectivity index (χ3n) is 9.46. The van der Waals surface area contributed by atoms with Crippen LogP contribution in [-0.2, 0) is 9.53 Å². The molecule has 0 unspecified atom stereocenters. The van der Waals surface area contributed by atoms with Crippen molar-refractivity contribution in [3.8, 4) is 0 Å². The van der Waals surface area contributed by atoms with Crippen molar-refractivity contribution in [2.24, 2.45) is 5.92 Å². The lowest BCUT2D eigenvalue weighted by Crippen LogP contribution is -2.64. The highest BCUT2D eigenvalue weighted by Gasteiger charge is 2.59. The molecule has 5 fully saturated rings. The number of carbonyl (C=O) groups is 1. The number of hydrogen-bond acceptors (Lipinski definition) is 4. The molecule has 2 aliphatic heterocycles. The third kappa shape index (κ3) is 4.68. The zero-order valence-corrected chi connectivity index (χ0v) is 21.0. The van der Waals surface area contributed by atoms with Gasteiger partial charge in [0.2, 0.25) is 0 Å². The molecule has 4 nitrogen and oxygen atoms in total. The summed E-state index contributed by atoms with van der Waals surface area (Å²) in [5.74, 6) is 1.14. The second kappa shape index (κ2) is 10.1. The molecule has 7 rings (SSSR count). The number of hydrogen-bond donors (Lipinski definition) is 0. The smallest absolute Gasteiger partial charge is 0.320 e. The lowest BCUT2D eigenvalue weighted by Gasteiger charge is -2.62. The van der Waals surface area contributed by atoms with Gasteiger partial charge in [0.05, 0.1) is 6.54 Å². The molecule has 5 aliphatic rings. The van der Waals surface area contributed by atoms with E-state index >= 15 is 0 Å². The average molecular weight is 473 g/mol. The fraction of sp³-hybridized carbons (Fsp3) is 0.581. The van der Waals surface area contributed by atoms with Gasteiger partial charge in [-0.25, -0.2) is 0 Å². The summed E-state index contributed by atoms with van der Waals surface area (Å²) in [7, 11) is 0. The van der Waals surface area contributed by atoms with Gasteiger partial charge in [-0.05, 0) is 87.7 Å². The number of piperidine rings is 1. The number of benzene rings is 2. The molecule has 3 saturated carbocycles. The summed E-state index contributed by atoms with van der Waals surface area (Å²) in [4.78, 5) is 18.3. The van der Waals surface area contributed by atoms with Crippen molar-refractivity contribution >= 4 is 5.97 Å². The maximum atomic E-state index is 13.2. The van der Waals surface area contributed by atoms with Gasteiger partial charge in [0.25, 0.3) is 0 Å². The molecule has 186 valence electrons. The van der Waals surface area contributed by atoms with E-state index in [1.165, 1.54) is 69.2 Å². The van der Waals surface area contributed by atoms with Gasteiger partial charge in [-0.15, -0.1) is 0 Å². The van der Waals surface area contributed by atoms with Crippen molar-refractivity contribution in [2.75, 3.05) is 32.7 Å². The Kier molecular flexibility index (Phi) is 6.68. The zero-order valence-electron chi connectivity index (χ0n) is 21.0. The molecular formula is C31H40N2O2. The van der Waals surface area contributed by atoms with Crippen LogP contribution in [0.5, 0.6) is 0 Å². The van der Waals surface area contributed by atoms with E-state index < -0.39 is 0 Å². The molecule has 2 bridgehead atoms. The first-order valence-electron chi connectivity index (χ1n) is 14.0. The summed E-state index contributed by atoms with van der Waals surface area (Å²) >= 11 is 0. The second-order valence-corrected chi connectivity index (χ2v) is 11.5. The summed E-state index contributed by atoms with van der Waals surface area (Å²) in [6.07, 6.45) is 9.66. The first-order chi connectivity index (χ1) is 17.2. The number of ether oxygens (including phenoxy) is 1. The van der Waals surface area contributed by atoms with Crippen LogP contribution in [0.15, 0.2) is 60.7 Å². The molecule has 2 saturated heterocycles. The number of nitrogens with zero attached hydrogens (tertiary/aromatic N) is 2. The summed E-state index contributed by atoms with van der Waals surface area (Å²) in [6, 6.07) is 22.2. The van der Waals surface area contributed by atoms with Crippen LogP contribution in [0.25, 0.3) is 0 Å². The highest BCUT2D eigenvalue weighted by molar-refractivity contribution is 5.72. The number of fused-ring (bicyclic) bond motifs is 3. The minimum atomic E-state index is -0.0232. The largest absolute Gasteiger partial charge is 0.461 e. The molecule has 4 heteroatoms. The summed E-state index contributed by atoms with van der Waals surface area (Å²) in [6.45, 7) is 4.87. The van der Waals surface area contributed by atoms with Crippen molar-refractivity contribution in [1.29, 1.82) is 0 Å². The Morgan fingerprint density at radius 1 is 0.743 bits per heavy atom. The highest BCUT2D eigenvalue weighted by Crippen LogP contribution is 2.60. The normalized spacial score (nSPS) is 33.6. The van der Waals surface area contributed by atoms with Gasteiger partial charge >= 0.3 is 5.97 Å². The molecule has 3 atom stereocenters. The molecule has 35 heavy (non-hydrogen) atoms. The van der Waals surface area contributed by atoms with Crippen LogP contribution in [0.4, 0.5) is 0 Å². The molecule has 0 N–H and O–H groups in total. The molecule has 0 aromatic heterocycles. The van der Waals surface area contributed by atoms with Gasteiger partial charge in [-0.2, -0.15) is 0 Å². The number of esters is 1. The third-order valence-corrected chi connectivity index (χ3v) is 9.46. The van der Waals surface area contributed by atoms with Gasteiger partial charge in [-0.1, -0.05) is 67.1 Å². The van der Waals surface area contributed by atoms with Crippen molar-refractivity contribution in [1.82, 2.24) is 9.80 Å². The summed E-state index contributed by atoms with van der Waals surface area (Å²) in [5.41, 5.74) is 2.94. The Morgan fingerprint density at radius 2 is 1.29 bits per heavy atom. The van der Waals surface area contributed by atoms with E-state index in [1.807, 2.05) is 0 Å². The molecule has 2 heterocycles. The number of likely N-dealkylation sites (tertiary alicyclic amines) is 2. The van der Waals surface area contributed by atoms with Crippen LogP contribution < -0.4 is 0 Å². The maximum Gasteiger partial charge on any atom is 0.320 e. The Morgan fingerprint density at radius 3 is 1.86 bits per heavy atom. The van der Waals surface area contributed by atoms with Gasteiger partial charge in [0.1, 0.15) is 6.10 Å². The Balaban J connectivity index is 1.37. The van der Waals surface area contributed by atoms with E-state index in [0.717, 1.165) is 19.5 Å². The molecule has 2 aromatic carbocycles. The predicted octanol–water partition coefficient (Wildman–Crippen LogP) is 5.60. The van der Waals surface area contributed by atoms with Crippen molar-refractivity contribution in [3.05, 3.63) is 71.8 Å². The first-order valence-corrected chi connectivity index (χ1v) is 14.0. The van der Waals surface area contributed by atoms with E-state index in [1.54, 1.807) is 0 Å². The van der Waals surface area contributed by atoms with Crippen LogP contribution >= 0.6 is 0 Å². The fourth-order valence-electron chi connectivity index (χ4n) is 7.94. The van der Waals surface area contributed by atoms with E-state index in [0.29, 0.717) is 24.3 Å². The number of carbonyl (C=O) groups excluding carboxylic acids is 1. The van der Waals surface area contributed by atoms with Crippen LogP contribution in [0.2, 0.25) is 0 Å². The minimum absolute atomic E-state index is 0.0168. The fourth-order valence-corrected chi connectivity index (χ4v) is 7.94. The average Bonchev–Trinajstić information content (AvgIpc) is 3.43. The standard InChI is InChI=1S/C31H40N2O2/c34-29(23-32-16-10-11-17-32)35-28-22-31(33-18-8-3-9-19-33)20-26(24-12-4-1-5-13-24)30(28)27(21-31)25-14-6-2-7-15-25/h1-2,4-7,12-15,26-28,30H,3,8-11,16-23H2/t26-,27-,28+,30?,31?/m0/s1. The lowest BCUT2D eigenvalue weighted by atomic mass is 9.51. The Labute approximate surface area is 210 Å². The van der Waals surface area contributed by atoms with Crippen molar-refractivity contribution in [2.45, 2.75) is 74.8 Å². The van der Waals surface area contributed by atoms with E-state index in [2.05, 4.69) is 70.5 Å². The molecule has 3 aliphatic carbocycles. The molecular weight excluding hydrogens is 432 g/mol. The van der Waals surface area contributed by atoms with Gasteiger partial charge in [0.15, 0.2) is 0 Å². The molecule has 2 aromatic rings. The van der Waals surface area contributed by atoms with E-state index in [9.17, 15) is 4.79 Å². The quantitative estimate of drug-likeness (QED) is 0.513. The monoisotopic (exact) mass is 472 g/mol. The van der Waals surface area contributed by atoms with Gasteiger partial charge < -0.3 is 4.74 Å². The Bertz CT molecular complexity index is 932. The van der Waals surface area contributed by atoms with Crippen LogP contribution in [0.1, 0.15) is 74.3 Å². The zero-order chi connectivity index (χ0) is 23.7. The molecule has 0 spiro atoms.